The maximum atomic E-state index is 12.4. The van der Waals surface area contributed by atoms with Gasteiger partial charge in [0.25, 0.3) is 0 Å². The summed E-state index contributed by atoms with van der Waals surface area (Å²) in [5, 5.41) is 22.9. The van der Waals surface area contributed by atoms with E-state index in [2.05, 4.69) is 104 Å². The molecule has 0 radical (unpaired) electrons. The number of nitrogens with one attached hydrogen (secondary N) is 1. The lowest BCUT2D eigenvalue weighted by atomic mass is 10.0. The van der Waals surface area contributed by atoms with Gasteiger partial charge in [-0.25, -0.2) is 0 Å². The van der Waals surface area contributed by atoms with Crippen LogP contribution in [0.1, 0.15) is 239 Å². The Bertz CT molecular complexity index is 1140. The Balaban J connectivity index is 3.45. The standard InChI is InChI=1S/C57H99NO3/c1-3-5-7-9-11-13-14-15-16-17-18-19-20-21-22-23-24-25-26-27-28-29-30-31-32-33-34-35-36-37-38-39-40-41-42-43-44-45-47-49-51-53-57(61)58-55(54-59)56(60)52-50-48-46-12-10-8-6-4-2/h5,7,11,13,15-16,18-19,21-22,24-25,27-28,50,52,55-56,59-60H,3-4,6,8-10,12,14,17,20,23,26,29-49,51,53-54H2,1-2H3,(H,58,61)/b7-5-,13-11-,16-15-,19-18-,22-21-,25-24-,28-27-,52-50+. The zero-order valence-electron chi connectivity index (χ0n) is 40.2. The van der Waals surface area contributed by atoms with Crippen LogP contribution in [0, 0.1) is 0 Å². The summed E-state index contributed by atoms with van der Waals surface area (Å²) >= 11 is 0. The predicted molar refractivity (Wildman–Crippen MR) is 271 cm³/mol. The Kier molecular flexibility index (Phi) is 49.4. The molecule has 0 aromatic carbocycles. The molecule has 4 heteroatoms. The van der Waals surface area contributed by atoms with Gasteiger partial charge in [-0.15, -0.1) is 0 Å². The summed E-state index contributed by atoms with van der Waals surface area (Å²) in [5.41, 5.74) is 0. The molecule has 0 spiro atoms. The van der Waals surface area contributed by atoms with E-state index in [-0.39, 0.29) is 12.5 Å². The van der Waals surface area contributed by atoms with Gasteiger partial charge in [0.2, 0.25) is 5.91 Å². The van der Waals surface area contributed by atoms with Crippen molar-refractivity contribution in [1.82, 2.24) is 5.32 Å². The van der Waals surface area contributed by atoms with E-state index in [9.17, 15) is 15.0 Å². The number of carbonyl (C=O) groups excluding carboxylic acids is 1. The summed E-state index contributed by atoms with van der Waals surface area (Å²) < 4.78 is 0. The molecule has 0 aliphatic heterocycles. The maximum Gasteiger partial charge on any atom is 0.220 e. The van der Waals surface area contributed by atoms with Crippen LogP contribution in [0.2, 0.25) is 0 Å². The molecule has 0 aliphatic carbocycles. The Morgan fingerprint density at radius 2 is 0.721 bits per heavy atom. The number of aliphatic hydroxyl groups is 2. The van der Waals surface area contributed by atoms with Gasteiger partial charge in [-0.1, -0.05) is 252 Å². The Labute approximate surface area is 379 Å². The van der Waals surface area contributed by atoms with Crippen LogP contribution in [-0.2, 0) is 4.79 Å². The lowest BCUT2D eigenvalue weighted by molar-refractivity contribution is -0.123. The van der Waals surface area contributed by atoms with Gasteiger partial charge in [0.15, 0.2) is 0 Å². The van der Waals surface area contributed by atoms with E-state index in [4.69, 9.17) is 0 Å². The third-order valence-electron chi connectivity index (χ3n) is 11.3. The van der Waals surface area contributed by atoms with Crippen molar-refractivity contribution in [3.63, 3.8) is 0 Å². The monoisotopic (exact) mass is 846 g/mol. The van der Waals surface area contributed by atoms with Gasteiger partial charge in [0.1, 0.15) is 0 Å². The first kappa shape index (κ1) is 58.3. The third kappa shape index (κ3) is 48.2. The molecule has 0 saturated carbocycles. The summed E-state index contributed by atoms with van der Waals surface area (Å²) in [6, 6.07) is -0.621. The van der Waals surface area contributed by atoms with E-state index in [0.29, 0.717) is 6.42 Å². The minimum Gasteiger partial charge on any atom is -0.394 e. The first-order valence-corrected chi connectivity index (χ1v) is 26.0. The summed E-state index contributed by atoms with van der Waals surface area (Å²) in [5.74, 6) is -0.0683. The van der Waals surface area contributed by atoms with Crippen molar-refractivity contribution in [2.45, 2.75) is 251 Å². The number of rotatable bonds is 46. The second-order valence-corrected chi connectivity index (χ2v) is 17.2. The van der Waals surface area contributed by atoms with Crippen LogP contribution in [0.25, 0.3) is 0 Å². The molecule has 61 heavy (non-hydrogen) atoms. The van der Waals surface area contributed by atoms with Crippen LogP contribution in [0.15, 0.2) is 97.2 Å². The fraction of sp³-hybridized carbons (Fsp3) is 0.702. The smallest absolute Gasteiger partial charge is 0.220 e. The highest BCUT2D eigenvalue weighted by atomic mass is 16.3. The molecule has 0 saturated heterocycles. The highest BCUT2D eigenvalue weighted by Crippen LogP contribution is 2.16. The average molecular weight is 846 g/mol. The van der Waals surface area contributed by atoms with Crippen LogP contribution in [0.4, 0.5) is 0 Å². The zero-order chi connectivity index (χ0) is 44.2. The number of unbranched alkanes of at least 4 members (excludes halogenated alkanes) is 25. The van der Waals surface area contributed by atoms with E-state index < -0.39 is 12.1 Å². The van der Waals surface area contributed by atoms with Crippen molar-refractivity contribution in [2.24, 2.45) is 0 Å². The minimum atomic E-state index is -0.838. The quantitative estimate of drug-likeness (QED) is 0.0422. The summed E-state index contributed by atoms with van der Waals surface area (Å²) in [7, 11) is 0. The van der Waals surface area contributed by atoms with Gasteiger partial charge in [-0.2, -0.15) is 0 Å². The van der Waals surface area contributed by atoms with Crippen molar-refractivity contribution in [2.75, 3.05) is 6.61 Å². The van der Waals surface area contributed by atoms with E-state index in [0.717, 1.165) is 70.6 Å². The Morgan fingerprint density at radius 3 is 1.08 bits per heavy atom. The maximum absolute atomic E-state index is 12.4. The minimum absolute atomic E-state index is 0.0683. The van der Waals surface area contributed by atoms with Gasteiger partial charge in [-0.05, 0) is 77.0 Å². The largest absolute Gasteiger partial charge is 0.394 e. The van der Waals surface area contributed by atoms with Crippen LogP contribution < -0.4 is 5.32 Å². The molecule has 0 aliphatic rings. The number of hydrogen-bond acceptors (Lipinski definition) is 3. The van der Waals surface area contributed by atoms with Gasteiger partial charge in [0, 0.05) is 6.42 Å². The average Bonchev–Trinajstić information content (AvgIpc) is 3.26. The van der Waals surface area contributed by atoms with Crippen molar-refractivity contribution < 1.29 is 15.0 Å². The van der Waals surface area contributed by atoms with E-state index >= 15 is 0 Å². The summed E-state index contributed by atoms with van der Waals surface area (Å²) in [6.45, 7) is 4.15. The lowest BCUT2D eigenvalue weighted by Gasteiger charge is -2.20. The van der Waals surface area contributed by atoms with Crippen molar-refractivity contribution in [3.05, 3.63) is 97.2 Å². The Hall–Kier alpha value is -2.69. The molecule has 0 bridgehead atoms. The van der Waals surface area contributed by atoms with E-state index in [1.807, 2.05) is 6.08 Å². The van der Waals surface area contributed by atoms with Gasteiger partial charge < -0.3 is 15.5 Å². The molecule has 0 heterocycles. The zero-order valence-corrected chi connectivity index (χ0v) is 40.2. The topological polar surface area (TPSA) is 69.6 Å². The predicted octanol–water partition coefficient (Wildman–Crippen LogP) is 17.0. The lowest BCUT2D eigenvalue weighted by Crippen LogP contribution is -2.45. The van der Waals surface area contributed by atoms with Crippen LogP contribution in [0.3, 0.4) is 0 Å². The molecule has 350 valence electrons. The van der Waals surface area contributed by atoms with Crippen molar-refractivity contribution in [3.8, 4) is 0 Å². The molecule has 2 atom stereocenters. The van der Waals surface area contributed by atoms with E-state index in [1.165, 1.54) is 148 Å². The highest BCUT2D eigenvalue weighted by molar-refractivity contribution is 5.76. The molecule has 0 aromatic rings. The number of allylic oxidation sites excluding steroid dienone is 15. The van der Waals surface area contributed by atoms with Gasteiger partial charge in [0.05, 0.1) is 18.8 Å². The Morgan fingerprint density at radius 1 is 0.410 bits per heavy atom. The number of amides is 1. The van der Waals surface area contributed by atoms with Crippen molar-refractivity contribution >= 4 is 5.91 Å². The second kappa shape index (κ2) is 51.7. The first-order valence-electron chi connectivity index (χ1n) is 26.0. The molecule has 2 unspecified atom stereocenters. The molecule has 0 rings (SSSR count). The number of aliphatic hydroxyl groups excluding tert-OH is 2. The second-order valence-electron chi connectivity index (χ2n) is 17.2. The number of hydrogen-bond donors (Lipinski definition) is 3. The summed E-state index contributed by atoms with van der Waals surface area (Å²) in [4.78, 5) is 12.4. The first-order chi connectivity index (χ1) is 30.2. The van der Waals surface area contributed by atoms with E-state index in [1.54, 1.807) is 6.08 Å². The molecular weight excluding hydrogens is 747 g/mol. The SMILES string of the molecule is CC/C=C\C/C=C\C/C=C\C/C=C\C/C=C\C/C=C\C/C=C\CCCCCCCCCCCCCCCCCCCCCC(=O)NC(CO)C(O)/C=C/CCCCCCCC. The number of carbonyl (C=O) groups is 1. The van der Waals surface area contributed by atoms with Gasteiger partial charge in [-0.3, -0.25) is 4.79 Å². The molecule has 3 N–H and O–H groups in total. The van der Waals surface area contributed by atoms with Crippen LogP contribution in [-0.4, -0.2) is 34.9 Å². The molecular formula is C57H99NO3. The fourth-order valence-electron chi connectivity index (χ4n) is 7.39. The van der Waals surface area contributed by atoms with Crippen LogP contribution in [0.5, 0.6) is 0 Å². The van der Waals surface area contributed by atoms with Crippen molar-refractivity contribution in [1.29, 1.82) is 0 Å². The fourth-order valence-corrected chi connectivity index (χ4v) is 7.39. The molecule has 0 aromatic heterocycles. The van der Waals surface area contributed by atoms with Crippen LogP contribution >= 0.6 is 0 Å². The van der Waals surface area contributed by atoms with Gasteiger partial charge >= 0.3 is 0 Å². The normalized spacial score (nSPS) is 13.7. The summed E-state index contributed by atoms with van der Waals surface area (Å²) in [6.07, 6.45) is 77.2. The molecule has 4 nitrogen and oxygen atoms in total. The highest BCUT2D eigenvalue weighted by Gasteiger charge is 2.18. The molecule has 0 fully saturated rings. The molecule has 1 amide bonds. The third-order valence-corrected chi connectivity index (χ3v) is 11.3.